The van der Waals surface area contributed by atoms with Crippen LogP contribution < -0.4 is 0 Å². The molecule has 0 fully saturated rings. The van der Waals surface area contributed by atoms with Crippen LogP contribution in [-0.2, 0) is 0 Å². The van der Waals surface area contributed by atoms with Crippen LogP contribution in [0, 0.1) is 10.1 Å². The molecule has 0 saturated carbocycles. The van der Waals surface area contributed by atoms with Crippen LogP contribution in [0.3, 0.4) is 0 Å². The first-order chi connectivity index (χ1) is 9.56. The Balaban J connectivity index is 2.13. The van der Waals surface area contributed by atoms with Crippen LogP contribution in [0.2, 0.25) is 5.02 Å². The van der Waals surface area contributed by atoms with Gasteiger partial charge in [-0.05, 0) is 36.4 Å². The number of carbonyl (C=O) groups is 1. The van der Waals surface area contributed by atoms with Gasteiger partial charge in [0.2, 0.25) is 6.54 Å². The highest BCUT2D eigenvalue weighted by Crippen LogP contribution is 2.23. The largest absolute Gasteiger partial charge is 0.469 e. The van der Waals surface area contributed by atoms with E-state index in [0.29, 0.717) is 16.3 Å². The van der Waals surface area contributed by atoms with E-state index in [1.165, 1.54) is 6.26 Å². The van der Waals surface area contributed by atoms with E-state index in [-0.39, 0.29) is 18.7 Å². The minimum Gasteiger partial charge on any atom is -0.469 e. The average Bonchev–Trinajstić information content (AvgIpc) is 2.92. The minimum atomic E-state index is -0.567. The molecule has 1 heterocycles. The Morgan fingerprint density at radius 3 is 2.55 bits per heavy atom. The van der Waals surface area contributed by atoms with Crippen molar-refractivity contribution in [1.82, 2.24) is 0 Å². The predicted molar refractivity (Wildman–Crippen MR) is 73.7 cm³/mol. The van der Waals surface area contributed by atoms with Gasteiger partial charge >= 0.3 is 0 Å². The standard InChI is InChI=1S/C14H12ClNO4/c15-12-5-3-10(4-6-12)13(17)8-11(9-16(18)19)14-2-1-7-20-14/h1-7,11H,8-9H2/t11-/m0/s1. The molecule has 0 radical (unpaired) electrons. The maximum absolute atomic E-state index is 12.1. The summed E-state index contributed by atoms with van der Waals surface area (Å²) >= 11 is 5.76. The molecule has 0 saturated heterocycles. The van der Waals surface area contributed by atoms with Gasteiger partial charge in [0.25, 0.3) is 0 Å². The van der Waals surface area contributed by atoms with E-state index in [2.05, 4.69) is 0 Å². The van der Waals surface area contributed by atoms with Crippen molar-refractivity contribution in [3.8, 4) is 0 Å². The monoisotopic (exact) mass is 293 g/mol. The van der Waals surface area contributed by atoms with E-state index >= 15 is 0 Å². The van der Waals surface area contributed by atoms with Crippen LogP contribution in [0.15, 0.2) is 47.1 Å². The number of Topliss-reactive ketones (excluding diaryl/α,β-unsaturated/α-hetero) is 1. The van der Waals surface area contributed by atoms with Crippen molar-refractivity contribution in [2.75, 3.05) is 6.54 Å². The Bertz CT molecular complexity index is 592. The molecule has 6 heteroatoms. The van der Waals surface area contributed by atoms with Gasteiger partial charge in [-0.2, -0.15) is 0 Å². The van der Waals surface area contributed by atoms with Crippen molar-refractivity contribution in [2.24, 2.45) is 0 Å². The molecule has 0 unspecified atom stereocenters. The SMILES string of the molecule is O=C(C[C@@H](C[N+](=O)[O-])c1ccco1)c1ccc(Cl)cc1. The molecular formula is C14H12ClNO4. The maximum Gasteiger partial charge on any atom is 0.214 e. The van der Waals surface area contributed by atoms with Crippen LogP contribution in [0.4, 0.5) is 0 Å². The Kier molecular flexibility index (Phi) is 4.53. The molecule has 0 amide bonds. The van der Waals surface area contributed by atoms with Gasteiger partial charge < -0.3 is 4.42 Å². The van der Waals surface area contributed by atoms with Crippen molar-refractivity contribution in [2.45, 2.75) is 12.3 Å². The van der Waals surface area contributed by atoms with E-state index in [9.17, 15) is 14.9 Å². The van der Waals surface area contributed by atoms with Crippen LogP contribution in [0.5, 0.6) is 0 Å². The van der Waals surface area contributed by atoms with Crippen molar-refractivity contribution >= 4 is 17.4 Å². The first-order valence-electron chi connectivity index (χ1n) is 6.00. The molecule has 0 aliphatic heterocycles. The van der Waals surface area contributed by atoms with Crippen molar-refractivity contribution in [1.29, 1.82) is 0 Å². The number of carbonyl (C=O) groups excluding carboxylic acids is 1. The number of hydrogen-bond donors (Lipinski definition) is 0. The zero-order chi connectivity index (χ0) is 14.5. The van der Waals surface area contributed by atoms with Crippen LogP contribution in [-0.4, -0.2) is 17.3 Å². The summed E-state index contributed by atoms with van der Waals surface area (Å²) in [6.07, 6.45) is 1.46. The molecule has 1 aromatic heterocycles. The summed E-state index contributed by atoms with van der Waals surface area (Å²) < 4.78 is 5.17. The summed E-state index contributed by atoms with van der Waals surface area (Å²) in [7, 11) is 0. The Labute approximate surface area is 120 Å². The molecule has 1 aromatic carbocycles. The first kappa shape index (κ1) is 14.3. The molecular weight excluding hydrogens is 282 g/mol. The summed E-state index contributed by atoms with van der Waals surface area (Å²) in [4.78, 5) is 22.4. The van der Waals surface area contributed by atoms with Crippen molar-refractivity contribution < 1.29 is 14.1 Å². The molecule has 1 atom stereocenters. The number of furan rings is 1. The second kappa shape index (κ2) is 6.34. The van der Waals surface area contributed by atoms with Gasteiger partial charge in [-0.3, -0.25) is 14.9 Å². The fraction of sp³-hybridized carbons (Fsp3) is 0.214. The third-order valence-electron chi connectivity index (χ3n) is 2.91. The second-order valence-corrected chi connectivity index (χ2v) is 4.80. The topological polar surface area (TPSA) is 73.3 Å². The smallest absolute Gasteiger partial charge is 0.214 e. The second-order valence-electron chi connectivity index (χ2n) is 4.36. The lowest BCUT2D eigenvalue weighted by molar-refractivity contribution is -0.483. The Morgan fingerprint density at radius 1 is 1.30 bits per heavy atom. The number of halogens is 1. The highest BCUT2D eigenvalue weighted by Gasteiger charge is 2.24. The molecule has 2 rings (SSSR count). The number of benzene rings is 1. The van der Waals surface area contributed by atoms with E-state index in [0.717, 1.165) is 0 Å². The predicted octanol–water partition coefficient (Wildman–Crippen LogP) is 3.57. The fourth-order valence-electron chi connectivity index (χ4n) is 1.94. The summed E-state index contributed by atoms with van der Waals surface area (Å²) in [6, 6.07) is 9.73. The van der Waals surface area contributed by atoms with Gasteiger partial charge in [0.05, 0.1) is 12.2 Å². The molecule has 0 spiro atoms. The highest BCUT2D eigenvalue weighted by molar-refractivity contribution is 6.30. The fourth-order valence-corrected chi connectivity index (χ4v) is 2.06. The highest BCUT2D eigenvalue weighted by atomic mass is 35.5. The van der Waals surface area contributed by atoms with Crippen LogP contribution in [0.25, 0.3) is 0 Å². The molecule has 0 bridgehead atoms. The minimum absolute atomic E-state index is 0.0239. The van der Waals surface area contributed by atoms with Gasteiger partial charge in [0.15, 0.2) is 5.78 Å². The molecule has 2 aromatic rings. The number of hydrogen-bond acceptors (Lipinski definition) is 4. The van der Waals surface area contributed by atoms with Crippen LogP contribution in [0.1, 0.15) is 28.5 Å². The number of ketones is 1. The van der Waals surface area contributed by atoms with Gasteiger partial charge in [0.1, 0.15) is 5.76 Å². The molecule has 5 nitrogen and oxygen atoms in total. The maximum atomic E-state index is 12.1. The summed E-state index contributed by atoms with van der Waals surface area (Å²) in [5, 5.41) is 11.2. The van der Waals surface area contributed by atoms with E-state index in [1.54, 1.807) is 36.4 Å². The lowest BCUT2D eigenvalue weighted by Crippen LogP contribution is -2.16. The van der Waals surface area contributed by atoms with Gasteiger partial charge in [-0.25, -0.2) is 0 Å². The molecule has 0 aliphatic rings. The Morgan fingerprint density at radius 2 is 2.00 bits per heavy atom. The molecule has 104 valence electrons. The van der Waals surface area contributed by atoms with Gasteiger partial charge in [0, 0.05) is 21.9 Å². The van der Waals surface area contributed by atoms with Crippen LogP contribution >= 0.6 is 11.6 Å². The first-order valence-corrected chi connectivity index (χ1v) is 6.38. The summed E-state index contributed by atoms with van der Waals surface area (Å²) in [5.41, 5.74) is 0.481. The third-order valence-corrected chi connectivity index (χ3v) is 3.16. The average molecular weight is 294 g/mol. The zero-order valence-electron chi connectivity index (χ0n) is 10.5. The molecule has 0 N–H and O–H groups in total. The van der Waals surface area contributed by atoms with Gasteiger partial charge in [-0.1, -0.05) is 11.6 Å². The molecule has 0 aliphatic carbocycles. The molecule has 20 heavy (non-hydrogen) atoms. The van der Waals surface area contributed by atoms with Crippen molar-refractivity contribution in [3.05, 3.63) is 69.1 Å². The number of rotatable bonds is 6. The lowest BCUT2D eigenvalue weighted by Gasteiger charge is -2.09. The summed E-state index contributed by atoms with van der Waals surface area (Å²) in [6.45, 7) is -0.340. The van der Waals surface area contributed by atoms with E-state index in [4.69, 9.17) is 16.0 Å². The van der Waals surface area contributed by atoms with E-state index < -0.39 is 10.8 Å². The normalized spacial score (nSPS) is 12.1. The number of nitrogens with zero attached hydrogens (tertiary/aromatic N) is 1. The zero-order valence-corrected chi connectivity index (χ0v) is 11.2. The van der Waals surface area contributed by atoms with E-state index in [1.807, 2.05) is 0 Å². The Hall–Kier alpha value is -2.14. The third kappa shape index (κ3) is 3.68. The van der Waals surface area contributed by atoms with Gasteiger partial charge in [-0.15, -0.1) is 0 Å². The lowest BCUT2D eigenvalue weighted by atomic mass is 9.96. The summed E-state index contributed by atoms with van der Waals surface area (Å²) in [5.74, 6) is -0.294. The number of nitro groups is 1. The quantitative estimate of drug-likeness (QED) is 0.463. The van der Waals surface area contributed by atoms with Crippen molar-refractivity contribution in [3.63, 3.8) is 0 Å².